The highest BCUT2D eigenvalue weighted by atomic mass is 16.5. The van der Waals surface area contributed by atoms with Crippen molar-refractivity contribution in [3.8, 4) is 5.75 Å². The monoisotopic (exact) mass is 307 g/mol. The molecule has 6 heteroatoms. The van der Waals surface area contributed by atoms with E-state index in [-0.39, 0.29) is 12.5 Å². The quantitative estimate of drug-likeness (QED) is 0.716. The normalized spacial score (nSPS) is 15.0. The summed E-state index contributed by atoms with van der Waals surface area (Å²) < 4.78 is 10.9. The number of carbonyl (C=O) groups is 1. The highest BCUT2D eigenvalue weighted by Gasteiger charge is 2.23. The molecule has 0 bridgehead atoms. The van der Waals surface area contributed by atoms with Crippen molar-refractivity contribution < 1.29 is 14.3 Å². The summed E-state index contributed by atoms with van der Waals surface area (Å²) >= 11 is 0. The summed E-state index contributed by atoms with van der Waals surface area (Å²) in [5.74, 6) is 1.73. The van der Waals surface area contributed by atoms with Crippen LogP contribution in [0.25, 0.3) is 0 Å². The summed E-state index contributed by atoms with van der Waals surface area (Å²) in [5, 5.41) is 0. The maximum absolute atomic E-state index is 12.0. The van der Waals surface area contributed by atoms with Crippen molar-refractivity contribution in [3.63, 3.8) is 0 Å². The second kappa shape index (κ2) is 8.58. The zero-order chi connectivity index (χ0) is 15.8. The minimum absolute atomic E-state index is 0.0687. The number of piperazine rings is 1. The maximum Gasteiger partial charge on any atom is 0.248 e. The van der Waals surface area contributed by atoms with Crippen LogP contribution in [0.5, 0.6) is 5.75 Å². The minimum Gasteiger partial charge on any atom is -0.490 e. The molecule has 0 saturated carbocycles. The minimum atomic E-state index is 0.0687. The molecule has 1 aromatic rings. The number of rotatable bonds is 7. The van der Waals surface area contributed by atoms with E-state index in [4.69, 9.17) is 9.47 Å². The van der Waals surface area contributed by atoms with E-state index < -0.39 is 0 Å². The van der Waals surface area contributed by atoms with Crippen molar-refractivity contribution in [1.29, 1.82) is 0 Å². The van der Waals surface area contributed by atoms with Crippen molar-refractivity contribution in [1.82, 2.24) is 9.88 Å². The molecule has 1 aromatic heterocycles. The lowest BCUT2D eigenvalue weighted by Crippen LogP contribution is -2.50. The Morgan fingerprint density at radius 1 is 1.27 bits per heavy atom. The average Bonchev–Trinajstić information content (AvgIpc) is 2.56. The number of hydrogen-bond acceptors (Lipinski definition) is 5. The number of carbonyl (C=O) groups excluding carboxylic acids is 1. The molecule has 1 aliphatic rings. The molecule has 0 aliphatic carbocycles. The second-order valence-electron chi connectivity index (χ2n) is 5.18. The molecule has 1 aliphatic heterocycles. The fourth-order valence-electron chi connectivity index (χ4n) is 2.45. The summed E-state index contributed by atoms with van der Waals surface area (Å²) in [6.45, 7) is 8.33. The van der Waals surface area contributed by atoms with Gasteiger partial charge in [-0.15, -0.1) is 0 Å². The van der Waals surface area contributed by atoms with Crippen molar-refractivity contribution in [2.24, 2.45) is 0 Å². The molecule has 2 heterocycles. The Morgan fingerprint density at radius 3 is 2.73 bits per heavy atom. The van der Waals surface area contributed by atoms with Crippen molar-refractivity contribution in [2.45, 2.75) is 20.3 Å². The van der Waals surface area contributed by atoms with Crippen molar-refractivity contribution in [3.05, 3.63) is 18.3 Å². The van der Waals surface area contributed by atoms with E-state index in [1.54, 1.807) is 6.20 Å². The largest absolute Gasteiger partial charge is 0.490 e. The Hall–Kier alpha value is -1.82. The van der Waals surface area contributed by atoms with Crippen LogP contribution in [0.1, 0.15) is 20.3 Å². The molecule has 0 atom stereocenters. The van der Waals surface area contributed by atoms with Crippen LogP contribution in [-0.4, -0.2) is 61.8 Å². The average molecular weight is 307 g/mol. The number of hydrogen-bond donors (Lipinski definition) is 0. The Labute approximate surface area is 132 Å². The molecule has 6 nitrogen and oxygen atoms in total. The van der Waals surface area contributed by atoms with Crippen LogP contribution in [0.2, 0.25) is 0 Å². The van der Waals surface area contributed by atoms with E-state index in [9.17, 15) is 4.79 Å². The molecule has 1 saturated heterocycles. The zero-order valence-corrected chi connectivity index (χ0v) is 13.5. The van der Waals surface area contributed by atoms with Crippen LogP contribution in [-0.2, 0) is 9.53 Å². The molecule has 1 fully saturated rings. The molecular weight excluding hydrogens is 282 g/mol. The van der Waals surface area contributed by atoms with E-state index >= 15 is 0 Å². The fraction of sp³-hybridized carbons (Fsp3) is 0.625. The van der Waals surface area contributed by atoms with Crippen LogP contribution in [0.4, 0.5) is 5.82 Å². The standard InChI is InChI=1S/C16H25N3O3/c1-3-12-21-13-15(20)18-8-10-19(11-9-18)16-14(22-4-2)6-5-7-17-16/h5-7H,3-4,8-13H2,1-2H3. The number of amides is 1. The van der Waals surface area contributed by atoms with Crippen LogP contribution in [0, 0.1) is 0 Å². The third-order valence-electron chi connectivity index (χ3n) is 3.56. The lowest BCUT2D eigenvalue weighted by Gasteiger charge is -2.35. The first-order valence-electron chi connectivity index (χ1n) is 7.94. The van der Waals surface area contributed by atoms with Gasteiger partial charge in [0.2, 0.25) is 5.91 Å². The van der Waals surface area contributed by atoms with Gasteiger partial charge in [-0.1, -0.05) is 6.92 Å². The third-order valence-corrected chi connectivity index (χ3v) is 3.56. The Morgan fingerprint density at radius 2 is 2.05 bits per heavy atom. The summed E-state index contributed by atoms with van der Waals surface area (Å²) in [4.78, 5) is 20.5. The van der Waals surface area contributed by atoms with Gasteiger partial charge in [0.15, 0.2) is 11.6 Å². The molecule has 1 amide bonds. The zero-order valence-electron chi connectivity index (χ0n) is 13.5. The van der Waals surface area contributed by atoms with Crippen LogP contribution < -0.4 is 9.64 Å². The smallest absolute Gasteiger partial charge is 0.248 e. The van der Waals surface area contributed by atoms with Gasteiger partial charge < -0.3 is 19.3 Å². The Balaban J connectivity index is 1.88. The van der Waals surface area contributed by atoms with Gasteiger partial charge in [-0.25, -0.2) is 4.98 Å². The topological polar surface area (TPSA) is 54.9 Å². The van der Waals surface area contributed by atoms with Crippen LogP contribution in [0.15, 0.2) is 18.3 Å². The molecule has 0 aromatic carbocycles. The number of pyridine rings is 1. The number of nitrogens with zero attached hydrogens (tertiary/aromatic N) is 3. The fourth-order valence-corrected chi connectivity index (χ4v) is 2.45. The van der Waals surface area contributed by atoms with Gasteiger partial charge in [-0.2, -0.15) is 0 Å². The van der Waals surface area contributed by atoms with Crippen LogP contribution in [0.3, 0.4) is 0 Å². The summed E-state index contributed by atoms with van der Waals surface area (Å²) in [5.41, 5.74) is 0. The molecule has 0 unspecified atom stereocenters. The second-order valence-corrected chi connectivity index (χ2v) is 5.18. The van der Waals surface area contributed by atoms with Crippen molar-refractivity contribution >= 4 is 11.7 Å². The molecule has 122 valence electrons. The predicted octanol–water partition coefficient (Wildman–Crippen LogP) is 1.56. The molecular formula is C16H25N3O3. The maximum atomic E-state index is 12.0. The van der Waals surface area contributed by atoms with E-state index in [0.717, 1.165) is 31.1 Å². The summed E-state index contributed by atoms with van der Waals surface area (Å²) in [6, 6.07) is 3.81. The summed E-state index contributed by atoms with van der Waals surface area (Å²) in [6.07, 6.45) is 2.70. The lowest BCUT2D eigenvalue weighted by atomic mass is 10.3. The Kier molecular flexibility index (Phi) is 6.45. The molecule has 22 heavy (non-hydrogen) atoms. The van der Waals surface area contributed by atoms with Gasteiger partial charge >= 0.3 is 0 Å². The number of anilines is 1. The van der Waals surface area contributed by atoms with Crippen molar-refractivity contribution in [2.75, 3.05) is 50.9 Å². The van der Waals surface area contributed by atoms with E-state index in [0.29, 0.717) is 26.3 Å². The van der Waals surface area contributed by atoms with Gasteiger partial charge in [0.25, 0.3) is 0 Å². The SMILES string of the molecule is CCCOCC(=O)N1CCN(c2ncccc2OCC)CC1. The molecule has 2 rings (SSSR count). The lowest BCUT2D eigenvalue weighted by molar-refractivity contribution is -0.136. The van der Waals surface area contributed by atoms with Gasteiger partial charge in [-0.3, -0.25) is 4.79 Å². The first-order chi connectivity index (χ1) is 10.8. The number of ether oxygens (including phenoxy) is 2. The van der Waals surface area contributed by atoms with Gasteiger partial charge in [0.05, 0.1) is 6.61 Å². The number of aromatic nitrogens is 1. The third kappa shape index (κ3) is 4.34. The van der Waals surface area contributed by atoms with E-state index in [2.05, 4.69) is 9.88 Å². The van der Waals surface area contributed by atoms with E-state index in [1.807, 2.05) is 30.9 Å². The van der Waals surface area contributed by atoms with Crippen LogP contribution >= 0.6 is 0 Å². The summed E-state index contributed by atoms with van der Waals surface area (Å²) in [7, 11) is 0. The van der Waals surface area contributed by atoms with E-state index in [1.165, 1.54) is 0 Å². The van der Waals surface area contributed by atoms with Gasteiger partial charge in [-0.05, 0) is 25.5 Å². The van der Waals surface area contributed by atoms with Gasteiger partial charge in [0.1, 0.15) is 6.61 Å². The highest BCUT2D eigenvalue weighted by molar-refractivity contribution is 5.77. The first kappa shape index (κ1) is 16.5. The predicted molar refractivity (Wildman–Crippen MR) is 85.3 cm³/mol. The highest BCUT2D eigenvalue weighted by Crippen LogP contribution is 2.26. The molecule has 0 radical (unpaired) electrons. The molecule has 0 spiro atoms. The molecule has 0 N–H and O–H groups in total. The Bertz CT molecular complexity index is 473. The van der Waals surface area contributed by atoms with Gasteiger partial charge in [0, 0.05) is 39.0 Å². The first-order valence-corrected chi connectivity index (χ1v) is 7.94.